The van der Waals surface area contributed by atoms with Gasteiger partial charge in [0.15, 0.2) is 0 Å². The number of likely N-dealkylation sites (tertiary alicyclic amines) is 1. The summed E-state index contributed by atoms with van der Waals surface area (Å²) in [4.78, 5) is 33.4. The molecule has 1 N–H and O–H groups in total. The molecule has 29 heavy (non-hydrogen) atoms. The van der Waals surface area contributed by atoms with E-state index >= 15 is 0 Å². The smallest absolute Gasteiger partial charge is 0.226 e. The van der Waals surface area contributed by atoms with E-state index in [2.05, 4.69) is 15.2 Å². The molecule has 2 aromatic rings. The molecule has 0 bridgehead atoms. The Labute approximate surface area is 171 Å². The molecular formula is C22H28N4O3. The number of amides is 2. The first-order chi connectivity index (χ1) is 14.2. The molecule has 1 atom stereocenters. The molecule has 7 nitrogen and oxygen atoms in total. The minimum atomic E-state index is 0.0247. The molecule has 2 aromatic heterocycles. The number of nitrogens with one attached hydrogen (secondary N) is 1. The fourth-order valence-electron chi connectivity index (χ4n) is 4.24. The van der Waals surface area contributed by atoms with Gasteiger partial charge in [-0.2, -0.15) is 0 Å². The molecule has 0 unspecified atom stereocenters. The predicted molar refractivity (Wildman–Crippen MR) is 108 cm³/mol. The van der Waals surface area contributed by atoms with Crippen molar-refractivity contribution in [2.75, 3.05) is 19.6 Å². The minimum absolute atomic E-state index is 0.0247. The second-order valence-corrected chi connectivity index (χ2v) is 8.01. The normalized spacial score (nSPS) is 20.6. The van der Waals surface area contributed by atoms with Crippen LogP contribution in [-0.4, -0.2) is 52.3 Å². The molecule has 0 saturated carbocycles. The van der Waals surface area contributed by atoms with E-state index in [0.717, 1.165) is 50.2 Å². The summed E-state index contributed by atoms with van der Waals surface area (Å²) < 4.78 is 5.44. The van der Waals surface area contributed by atoms with Gasteiger partial charge in [-0.25, -0.2) is 0 Å². The van der Waals surface area contributed by atoms with Crippen molar-refractivity contribution in [3.63, 3.8) is 0 Å². The number of aromatic nitrogens is 1. The maximum Gasteiger partial charge on any atom is 0.226 e. The molecule has 2 saturated heterocycles. The Morgan fingerprint density at radius 2 is 2.10 bits per heavy atom. The average Bonchev–Trinajstić information content (AvgIpc) is 3.40. The van der Waals surface area contributed by atoms with Crippen molar-refractivity contribution < 1.29 is 14.0 Å². The van der Waals surface area contributed by atoms with Crippen molar-refractivity contribution in [2.24, 2.45) is 5.92 Å². The molecule has 0 spiro atoms. The molecule has 2 fully saturated rings. The summed E-state index contributed by atoms with van der Waals surface area (Å²) in [6.45, 7) is 3.66. The van der Waals surface area contributed by atoms with Crippen molar-refractivity contribution in [3.05, 3.63) is 54.2 Å². The maximum atomic E-state index is 13.4. The summed E-state index contributed by atoms with van der Waals surface area (Å²) in [5, 5.41) is 2.99. The van der Waals surface area contributed by atoms with Gasteiger partial charge in [0.1, 0.15) is 5.76 Å². The molecular weight excluding hydrogens is 368 g/mol. The van der Waals surface area contributed by atoms with Crippen LogP contribution in [0.2, 0.25) is 0 Å². The van der Waals surface area contributed by atoms with Gasteiger partial charge in [0.05, 0.1) is 12.8 Å². The third kappa shape index (κ3) is 5.23. The van der Waals surface area contributed by atoms with Gasteiger partial charge in [-0.1, -0.05) is 6.07 Å². The SMILES string of the molecule is O=C1CC[C@@H](CN(Cc2cccnc2)C(=O)C2CCN(Cc3ccco3)CC2)N1. The lowest BCUT2D eigenvalue weighted by molar-refractivity contribution is -0.138. The van der Waals surface area contributed by atoms with Crippen LogP contribution in [0.4, 0.5) is 0 Å². The standard InChI is InChI=1S/C22H28N4O3/c27-21-6-5-19(24-21)15-26(14-17-3-1-9-23-13-17)22(28)18-7-10-25(11-8-18)16-20-4-2-12-29-20/h1-4,9,12-13,18-19H,5-8,10-11,14-16H2,(H,24,27)/t19-/m0/s1. The first kappa shape index (κ1) is 19.6. The van der Waals surface area contributed by atoms with E-state index < -0.39 is 0 Å². The maximum absolute atomic E-state index is 13.4. The topological polar surface area (TPSA) is 78.7 Å². The van der Waals surface area contributed by atoms with E-state index in [-0.39, 0.29) is 23.8 Å². The van der Waals surface area contributed by atoms with E-state index in [1.54, 1.807) is 18.7 Å². The zero-order chi connectivity index (χ0) is 20.1. The van der Waals surface area contributed by atoms with Gasteiger partial charge < -0.3 is 14.6 Å². The van der Waals surface area contributed by atoms with E-state index in [1.165, 1.54) is 0 Å². The monoisotopic (exact) mass is 396 g/mol. The highest BCUT2D eigenvalue weighted by Gasteiger charge is 2.31. The fourth-order valence-corrected chi connectivity index (χ4v) is 4.24. The van der Waals surface area contributed by atoms with Gasteiger partial charge in [-0.3, -0.25) is 19.5 Å². The first-order valence-corrected chi connectivity index (χ1v) is 10.4. The Morgan fingerprint density at radius 3 is 2.76 bits per heavy atom. The summed E-state index contributed by atoms with van der Waals surface area (Å²) >= 11 is 0. The highest BCUT2D eigenvalue weighted by molar-refractivity contribution is 5.80. The molecule has 7 heteroatoms. The third-order valence-electron chi connectivity index (χ3n) is 5.83. The number of carbonyl (C=O) groups is 2. The third-order valence-corrected chi connectivity index (χ3v) is 5.83. The van der Waals surface area contributed by atoms with E-state index in [4.69, 9.17) is 4.42 Å². The number of carbonyl (C=O) groups excluding carboxylic acids is 2. The number of rotatable bonds is 7. The van der Waals surface area contributed by atoms with Crippen LogP contribution in [0.1, 0.15) is 37.0 Å². The zero-order valence-corrected chi connectivity index (χ0v) is 16.6. The van der Waals surface area contributed by atoms with Crippen molar-refractivity contribution in [1.82, 2.24) is 20.1 Å². The average molecular weight is 396 g/mol. The lowest BCUT2D eigenvalue weighted by Gasteiger charge is -2.34. The number of furan rings is 1. The zero-order valence-electron chi connectivity index (χ0n) is 16.6. The number of hydrogen-bond donors (Lipinski definition) is 1. The predicted octanol–water partition coefficient (Wildman–Crippen LogP) is 2.19. The molecule has 0 aliphatic carbocycles. The molecule has 4 heterocycles. The molecule has 2 aliphatic rings. The van der Waals surface area contributed by atoms with Crippen molar-refractivity contribution >= 4 is 11.8 Å². The van der Waals surface area contributed by atoms with Crippen LogP contribution in [0.25, 0.3) is 0 Å². The Morgan fingerprint density at radius 1 is 1.24 bits per heavy atom. The van der Waals surface area contributed by atoms with Gasteiger partial charge in [0.25, 0.3) is 0 Å². The van der Waals surface area contributed by atoms with E-state index in [1.807, 2.05) is 29.2 Å². The lowest BCUT2D eigenvalue weighted by atomic mass is 9.94. The Kier molecular flexibility index (Phi) is 6.24. The second-order valence-electron chi connectivity index (χ2n) is 8.01. The summed E-state index contributed by atoms with van der Waals surface area (Å²) in [7, 11) is 0. The summed E-state index contributed by atoms with van der Waals surface area (Å²) in [6, 6.07) is 7.82. The van der Waals surface area contributed by atoms with Crippen LogP contribution < -0.4 is 5.32 Å². The minimum Gasteiger partial charge on any atom is -0.468 e. The van der Waals surface area contributed by atoms with Crippen LogP contribution in [0.3, 0.4) is 0 Å². The number of pyridine rings is 1. The van der Waals surface area contributed by atoms with Crippen molar-refractivity contribution in [2.45, 2.75) is 44.8 Å². The summed E-state index contributed by atoms with van der Waals surface area (Å²) in [6.07, 6.45) is 8.27. The molecule has 0 aromatic carbocycles. The Bertz CT molecular complexity index is 801. The molecule has 0 radical (unpaired) electrons. The molecule has 2 amide bonds. The van der Waals surface area contributed by atoms with Crippen LogP contribution in [0.5, 0.6) is 0 Å². The summed E-state index contributed by atoms with van der Waals surface area (Å²) in [5.74, 6) is 1.25. The van der Waals surface area contributed by atoms with Crippen LogP contribution >= 0.6 is 0 Å². The van der Waals surface area contributed by atoms with Crippen LogP contribution in [-0.2, 0) is 22.7 Å². The molecule has 4 rings (SSSR count). The summed E-state index contributed by atoms with van der Waals surface area (Å²) in [5.41, 5.74) is 1.01. The number of piperidine rings is 1. The van der Waals surface area contributed by atoms with Gasteiger partial charge in [0.2, 0.25) is 11.8 Å². The highest BCUT2D eigenvalue weighted by atomic mass is 16.3. The number of hydrogen-bond acceptors (Lipinski definition) is 5. The Hall–Kier alpha value is -2.67. The van der Waals surface area contributed by atoms with Gasteiger partial charge >= 0.3 is 0 Å². The van der Waals surface area contributed by atoms with Crippen molar-refractivity contribution in [1.29, 1.82) is 0 Å². The van der Waals surface area contributed by atoms with Crippen LogP contribution in [0.15, 0.2) is 47.3 Å². The van der Waals surface area contributed by atoms with Crippen LogP contribution in [0, 0.1) is 5.92 Å². The fraction of sp³-hybridized carbons (Fsp3) is 0.500. The number of nitrogens with zero attached hydrogens (tertiary/aromatic N) is 3. The van der Waals surface area contributed by atoms with Gasteiger partial charge in [0, 0.05) is 43.9 Å². The molecule has 154 valence electrons. The Balaban J connectivity index is 1.37. The second kappa shape index (κ2) is 9.22. The van der Waals surface area contributed by atoms with E-state index in [9.17, 15) is 9.59 Å². The highest BCUT2D eigenvalue weighted by Crippen LogP contribution is 2.23. The van der Waals surface area contributed by atoms with E-state index in [0.29, 0.717) is 19.5 Å². The lowest BCUT2D eigenvalue weighted by Crippen LogP contribution is -2.46. The quantitative estimate of drug-likeness (QED) is 0.776. The van der Waals surface area contributed by atoms with Crippen molar-refractivity contribution in [3.8, 4) is 0 Å². The molecule has 2 aliphatic heterocycles. The van der Waals surface area contributed by atoms with Gasteiger partial charge in [-0.05, 0) is 56.1 Å². The van der Waals surface area contributed by atoms with Gasteiger partial charge in [-0.15, -0.1) is 0 Å². The first-order valence-electron chi connectivity index (χ1n) is 10.4. The largest absolute Gasteiger partial charge is 0.468 e.